The summed E-state index contributed by atoms with van der Waals surface area (Å²) >= 11 is 1.11. The molecular weight excluding hydrogens is 415 g/mol. The maximum absolute atomic E-state index is 12.5. The minimum Gasteiger partial charge on any atom is -0.475 e. The summed E-state index contributed by atoms with van der Waals surface area (Å²) in [6.45, 7) is 0.492. The molecule has 0 saturated heterocycles. The van der Waals surface area contributed by atoms with Crippen molar-refractivity contribution < 1.29 is 22.7 Å². The van der Waals surface area contributed by atoms with E-state index in [-0.39, 0.29) is 28.8 Å². The Bertz CT molecular complexity index is 1060. The predicted octanol–water partition coefficient (Wildman–Crippen LogP) is 4.95. The number of benzene rings is 1. The number of fused-ring (bicyclic) bond motifs is 1. The van der Waals surface area contributed by atoms with Gasteiger partial charge in [-0.25, -0.2) is 4.98 Å². The highest BCUT2D eigenvalue weighted by molar-refractivity contribution is 7.13. The molecule has 1 aliphatic carbocycles. The van der Waals surface area contributed by atoms with E-state index in [0.717, 1.165) is 39.5 Å². The van der Waals surface area contributed by atoms with Gasteiger partial charge in [-0.3, -0.25) is 4.79 Å². The number of amides is 1. The average Bonchev–Trinajstić information content (AvgIpc) is 3.12. The van der Waals surface area contributed by atoms with Crippen LogP contribution in [0.3, 0.4) is 0 Å². The van der Waals surface area contributed by atoms with Crippen LogP contribution in [-0.4, -0.2) is 28.2 Å². The Labute approximate surface area is 175 Å². The van der Waals surface area contributed by atoms with E-state index in [1.54, 1.807) is 6.07 Å². The largest absolute Gasteiger partial charge is 0.475 e. The molecule has 0 unspecified atom stereocenters. The Morgan fingerprint density at radius 3 is 2.83 bits per heavy atom. The summed E-state index contributed by atoms with van der Waals surface area (Å²) in [6.07, 6.45) is -3.04. The fourth-order valence-corrected chi connectivity index (χ4v) is 4.55. The lowest BCUT2D eigenvalue weighted by Gasteiger charge is -2.12. The topological polar surface area (TPSA) is 56.2 Å². The predicted molar refractivity (Wildman–Crippen MR) is 109 cm³/mol. The zero-order valence-corrected chi connectivity index (χ0v) is 17.4. The lowest BCUT2D eigenvalue weighted by Crippen LogP contribution is -2.26. The second-order valence-electron chi connectivity index (χ2n) is 7.67. The van der Waals surface area contributed by atoms with Crippen LogP contribution in [0.15, 0.2) is 36.4 Å². The Balaban J connectivity index is 1.30. The van der Waals surface area contributed by atoms with E-state index < -0.39 is 12.8 Å². The lowest BCUT2D eigenvalue weighted by atomic mass is 10.2. The monoisotopic (exact) mass is 437 g/mol. The maximum atomic E-state index is 12.5. The Morgan fingerprint density at radius 1 is 1.33 bits per heavy atom. The van der Waals surface area contributed by atoms with Gasteiger partial charge in [0, 0.05) is 24.3 Å². The highest BCUT2D eigenvalue weighted by Gasteiger charge is 2.42. The van der Waals surface area contributed by atoms with Crippen molar-refractivity contribution in [3.63, 3.8) is 0 Å². The summed E-state index contributed by atoms with van der Waals surface area (Å²) in [6, 6.07) is 10.8. The Morgan fingerprint density at radius 2 is 2.10 bits per heavy atom. The van der Waals surface area contributed by atoms with E-state index in [4.69, 9.17) is 9.72 Å². The van der Waals surface area contributed by atoms with E-state index in [1.807, 2.05) is 38.2 Å². The molecular formula is C21H22F3N3O2S. The highest BCUT2D eigenvalue weighted by atomic mass is 32.1. The van der Waals surface area contributed by atoms with Gasteiger partial charge in [0.2, 0.25) is 5.91 Å². The first kappa shape index (κ1) is 20.7. The molecule has 1 N–H and O–H groups in total. The number of imidazole rings is 1. The fraction of sp³-hybridized carbons (Fsp3) is 0.429. The molecule has 1 amide bonds. The van der Waals surface area contributed by atoms with E-state index in [9.17, 15) is 18.0 Å². The van der Waals surface area contributed by atoms with Gasteiger partial charge in [0.05, 0.1) is 17.1 Å². The number of hydrogen-bond acceptors (Lipinski definition) is 4. The number of nitrogens with one attached hydrogen (secondary N) is 1. The van der Waals surface area contributed by atoms with Crippen molar-refractivity contribution in [2.75, 3.05) is 6.61 Å². The standard InChI is InChI=1S/C21H22F3N3O2S/c1-12(17-7-8-19(30-17)29-11-21(22,23)24)25-18(28)10-13-9-14(13)20-26-15-5-3-4-6-16(15)27(20)2/h3-8,12-14H,9-11H2,1-2H3,(H,25,28)/t12-,13+,14-/m1/s1. The number of carbonyl (C=O) groups excluding carboxylic acids is 1. The molecule has 0 aliphatic heterocycles. The van der Waals surface area contributed by atoms with Gasteiger partial charge in [0.15, 0.2) is 11.7 Å². The highest BCUT2D eigenvalue weighted by Crippen LogP contribution is 2.49. The van der Waals surface area contributed by atoms with Crippen molar-refractivity contribution in [3.05, 3.63) is 47.1 Å². The normalized spacial score (nSPS) is 19.6. The van der Waals surface area contributed by atoms with Crippen molar-refractivity contribution in [1.29, 1.82) is 0 Å². The van der Waals surface area contributed by atoms with Crippen molar-refractivity contribution in [3.8, 4) is 5.06 Å². The molecule has 0 bridgehead atoms. The number of ether oxygens (including phenoxy) is 1. The third-order valence-corrected chi connectivity index (χ3v) is 6.49. The second kappa shape index (κ2) is 7.94. The van der Waals surface area contributed by atoms with Gasteiger partial charge in [-0.15, -0.1) is 11.3 Å². The lowest BCUT2D eigenvalue weighted by molar-refractivity contribution is -0.152. The molecule has 4 rings (SSSR count). The summed E-state index contributed by atoms with van der Waals surface area (Å²) in [5.41, 5.74) is 2.04. The number of para-hydroxylation sites is 2. The van der Waals surface area contributed by atoms with Gasteiger partial charge in [0.25, 0.3) is 0 Å². The van der Waals surface area contributed by atoms with Gasteiger partial charge in [-0.05, 0) is 43.5 Å². The van der Waals surface area contributed by atoms with Crippen LogP contribution < -0.4 is 10.1 Å². The molecule has 3 aromatic rings. The average molecular weight is 437 g/mol. The molecule has 2 heterocycles. The summed E-state index contributed by atoms with van der Waals surface area (Å²) in [4.78, 5) is 17.9. The zero-order chi connectivity index (χ0) is 21.5. The molecule has 2 aromatic heterocycles. The SMILES string of the molecule is C[C@@H](NC(=O)C[C@@H]1C[C@H]1c1nc2ccccc2n1C)c1ccc(OCC(F)(F)F)s1. The number of carbonyl (C=O) groups is 1. The van der Waals surface area contributed by atoms with Crippen molar-refractivity contribution in [2.45, 2.75) is 37.9 Å². The Kier molecular flexibility index (Phi) is 5.48. The molecule has 1 fully saturated rings. The molecule has 0 radical (unpaired) electrons. The van der Waals surface area contributed by atoms with Crippen molar-refractivity contribution >= 4 is 28.3 Å². The van der Waals surface area contributed by atoms with Crippen LogP contribution in [0.2, 0.25) is 0 Å². The molecule has 30 heavy (non-hydrogen) atoms. The smallest absolute Gasteiger partial charge is 0.422 e. The first-order valence-corrected chi connectivity index (χ1v) is 10.5. The summed E-state index contributed by atoms with van der Waals surface area (Å²) < 4.78 is 43.6. The van der Waals surface area contributed by atoms with Crippen LogP contribution in [-0.2, 0) is 11.8 Å². The molecule has 1 aromatic carbocycles. The number of rotatable bonds is 7. The molecule has 1 saturated carbocycles. The summed E-state index contributed by atoms with van der Waals surface area (Å²) in [5.74, 6) is 1.46. The van der Waals surface area contributed by atoms with Crippen LogP contribution in [0.4, 0.5) is 13.2 Å². The van der Waals surface area contributed by atoms with Gasteiger partial charge >= 0.3 is 6.18 Å². The molecule has 9 heteroatoms. The minimum absolute atomic E-state index is 0.0695. The van der Waals surface area contributed by atoms with Crippen LogP contribution in [0.25, 0.3) is 11.0 Å². The van der Waals surface area contributed by atoms with Gasteiger partial charge in [-0.2, -0.15) is 13.2 Å². The third kappa shape index (κ3) is 4.61. The maximum Gasteiger partial charge on any atom is 0.422 e. The third-order valence-electron chi connectivity index (χ3n) is 5.31. The van der Waals surface area contributed by atoms with Crippen molar-refractivity contribution in [2.24, 2.45) is 13.0 Å². The number of aromatic nitrogens is 2. The number of thiophene rings is 1. The van der Waals surface area contributed by atoms with E-state index in [2.05, 4.69) is 9.88 Å². The number of halogens is 3. The Hall–Kier alpha value is -2.55. The van der Waals surface area contributed by atoms with Crippen molar-refractivity contribution in [1.82, 2.24) is 14.9 Å². The first-order valence-electron chi connectivity index (χ1n) is 9.71. The molecule has 3 atom stereocenters. The summed E-state index contributed by atoms with van der Waals surface area (Å²) in [5, 5.41) is 3.12. The quantitative estimate of drug-likeness (QED) is 0.569. The first-order chi connectivity index (χ1) is 14.2. The van der Waals surface area contributed by atoms with Crippen LogP contribution >= 0.6 is 11.3 Å². The van der Waals surface area contributed by atoms with Gasteiger partial charge in [-0.1, -0.05) is 12.1 Å². The van der Waals surface area contributed by atoms with E-state index >= 15 is 0 Å². The van der Waals surface area contributed by atoms with E-state index in [1.165, 1.54) is 6.07 Å². The number of aryl methyl sites for hydroxylation is 1. The molecule has 0 spiro atoms. The van der Waals surface area contributed by atoms with E-state index in [0.29, 0.717) is 6.42 Å². The fourth-order valence-electron chi connectivity index (χ4n) is 3.69. The number of hydrogen-bond donors (Lipinski definition) is 1. The van der Waals surface area contributed by atoms with Crippen LogP contribution in [0.5, 0.6) is 5.06 Å². The molecule has 160 valence electrons. The molecule has 1 aliphatic rings. The van der Waals surface area contributed by atoms with Gasteiger partial charge < -0.3 is 14.6 Å². The summed E-state index contributed by atoms with van der Waals surface area (Å²) in [7, 11) is 2.00. The molecule has 5 nitrogen and oxygen atoms in total. The zero-order valence-electron chi connectivity index (χ0n) is 16.6. The van der Waals surface area contributed by atoms with Gasteiger partial charge in [0.1, 0.15) is 5.82 Å². The number of alkyl halides is 3. The van der Waals surface area contributed by atoms with Crippen LogP contribution in [0.1, 0.15) is 42.4 Å². The minimum atomic E-state index is -4.37. The number of nitrogens with zero attached hydrogens (tertiary/aromatic N) is 2. The second-order valence-corrected chi connectivity index (χ2v) is 8.75. The van der Waals surface area contributed by atoms with Crippen LogP contribution in [0, 0.1) is 5.92 Å².